The molecule has 5 nitrogen and oxygen atoms in total. The van der Waals surface area contributed by atoms with Crippen LogP contribution in [0.25, 0.3) is 6.08 Å². The molecular formula is C13H14N2O3S. The van der Waals surface area contributed by atoms with Crippen LogP contribution in [0.4, 0.5) is 0 Å². The van der Waals surface area contributed by atoms with E-state index in [-0.39, 0.29) is 5.91 Å². The van der Waals surface area contributed by atoms with Gasteiger partial charge in [-0.25, -0.2) is 0 Å². The molecule has 19 heavy (non-hydrogen) atoms. The van der Waals surface area contributed by atoms with E-state index in [0.717, 1.165) is 5.56 Å². The molecule has 1 aliphatic rings. The first-order chi connectivity index (χ1) is 9.06. The molecular weight excluding hydrogens is 264 g/mol. The molecule has 6 heteroatoms. The third-order valence-electron chi connectivity index (χ3n) is 2.82. The smallest absolute Gasteiger partial charge is 0.276 e. The maximum Gasteiger partial charge on any atom is 0.276 e. The van der Waals surface area contributed by atoms with E-state index in [1.807, 2.05) is 6.07 Å². The van der Waals surface area contributed by atoms with Crippen LogP contribution >= 0.6 is 12.2 Å². The van der Waals surface area contributed by atoms with Crippen LogP contribution in [-0.4, -0.2) is 37.2 Å². The molecule has 1 aromatic rings. The Bertz CT molecular complexity index is 569. The van der Waals surface area contributed by atoms with E-state index in [0.29, 0.717) is 22.3 Å². The molecule has 1 fully saturated rings. The van der Waals surface area contributed by atoms with Gasteiger partial charge in [-0.2, -0.15) is 0 Å². The number of benzene rings is 1. The van der Waals surface area contributed by atoms with Crippen LogP contribution in [0.1, 0.15) is 5.56 Å². The van der Waals surface area contributed by atoms with Crippen LogP contribution in [0.15, 0.2) is 23.9 Å². The molecule has 1 aliphatic heterocycles. The summed E-state index contributed by atoms with van der Waals surface area (Å²) in [7, 11) is 4.78. The maximum absolute atomic E-state index is 11.9. The summed E-state index contributed by atoms with van der Waals surface area (Å²) >= 11 is 5.01. The summed E-state index contributed by atoms with van der Waals surface area (Å²) in [5.74, 6) is 1.15. The number of nitrogens with zero attached hydrogens (tertiary/aromatic N) is 1. The molecule has 1 aromatic carbocycles. The van der Waals surface area contributed by atoms with Crippen molar-refractivity contribution in [2.24, 2.45) is 0 Å². The fraction of sp³-hybridized carbons (Fsp3) is 0.231. The van der Waals surface area contributed by atoms with E-state index < -0.39 is 0 Å². The minimum Gasteiger partial charge on any atom is -0.497 e. The van der Waals surface area contributed by atoms with Crippen molar-refractivity contribution in [2.75, 3.05) is 21.3 Å². The Hall–Kier alpha value is -2.08. The number of hydrogen-bond acceptors (Lipinski definition) is 4. The third kappa shape index (κ3) is 2.53. The number of methoxy groups -OCH3 is 2. The van der Waals surface area contributed by atoms with Crippen LogP contribution in [-0.2, 0) is 4.79 Å². The first-order valence-electron chi connectivity index (χ1n) is 5.59. The van der Waals surface area contributed by atoms with Crippen molar-refractivity contribution in [1.29, 1.82) is 0 Å². The first-order valence-corrected chi connectivity index (χ1v) is 6.00. The zero-order valence-corrected chi connectivity index (χ0v) is 11.7. The number of amides is 1. The molecule has 0 spiro atoms. The van der Waals surface area contributed by atoms with Gasteiger partial charge in [-0.15, -0.1) is 0 Å². The number of hydrogen-bond donors (Lipinski definition) is 1. The summed E-state index contributed by atoms with van der Waals surface area (Å²) in [5, 5.41) is 3.26. The molecule has 0 atom stereocenters. The summed E-state index contributed by atoms with van der Waals surface area (Å²) in [6.45, 7) is 0. The van der Waals surface area contributed by atoms with Gasteiger partial charge in [0.05, 0.1) is 14.2 Å². The lowest BCUT2D eigenvalue weighted by molar-refractivity contribution is -0.121. The Balaban J connectivity index is 2.38. The van der Waals surface area contributed by atoms with Gasteiger partial charge in [-0.05, 0) is 30.4 Å². The van der Waals surface area contributed by atoms with Crippen molar-refractivity contribution in [1.82, 2.24) is 10.2 Å². The number of rotatable bonds is 3. The van der Waals surface area contributed by atoms with Gasteiger partial charge >= 0.3 is 0 Å². The molecule has 0 aromatic heterocycles. The summed E-state index contributed by atoms with van der Waals surface area (Å²) in [6, 6.07) is 5.38. The quantitative estimate of drug-likeness (QED) is 0.669. The van der Waals surface area contributed by atoms with Gasteiger partial charge in [-0.3, -0.25) is 9.69 Å². The zero-order chi connectivity index (χ0) is 14.0. The predicted octanol–water partition coefficient (Wildman–Crippen LogP) is 1.39. The fourth-order valence-corrected chi connectivity index (χ4v) is 1.91. The van der Waals surface area contributed by atoms with Crippen molar-refractivity contribution in [2.45, 2.75) is 0 Å². The van der Waals surface area contributed by atoms with Gasteiger partial charge in [0.1, 0.15) is 17.2 Å². The van der Waals surface area contributed by atoms with Crippen molar-refractivity contribution in [3.05, 3.63) is 29.5 Å². The zero-order valence-electron chi connectivity index (χ0n) is 10.9. The molecule has 0 unspecified atom stereocenters. The average Bonchev–Trinajstić information content (AvgIpc) is 2.67. The summed E-state index contributed by atoms with van der Waals surface area (Å²) in [4.78, 5) is 13.3. The molecule has 2 rings (SSSR count). The Kier molecular flexibility index (Phi) is 3.71. The highest BCUT2D eigenvalue weighted by Gasteiger charge is 2.27. The predicted molar refractivity (Wildman–Crippen MR) is 76.0 cm³/mol. The lowest BCUT2D eigenvalue weighted by Crippen LogP contribution is -2.25. The van der Waals surface area contributed by atoms with Gasteiger partial charge in [-0.1, -0.05) is 0 Å². The highest BCUT2D eigenvalue weighted by atomic mass is 32.1. The van der Waals surface area contributed by atoms with Gasteiger partial charge in [0.25, 0.3) is 5.91 Å². The number of nitrogens with one attached hydrogen (secondary N) is 1. The summed E-state index contributed by atoms with van der Waals surface area (Å²) in [5.41, 5.74) is 1.20. The van der Waals surface area contributed by atoms with Crippen molar-refractivity contribution in [3.63, 3.8) is 0 Å². The van der Waals surface area contributed by atoms with Crippen molar-refractivity contribution >= 4 is 29.3 Å². The minimum atomic E-state index is -0.164. The number of carbonyl (C=O) groups is 1. The molecule has 0 saturated carbocycles. The van der Waals surface area contributed by atoms with Crippen LogP contribution in [0, 0.1) is 0 Å². The Morgan fingerprint density at radius 2 is 2.05 bits per heavy atom. The SMILES string of the molecule is COc1ccc(C=C2NC(=S)N(C)C2=O)c(OC)c1. The second kappa shape index (κ2) is 5.27. The lowest BCUT2D eigenvalue weighted by atomic mass is 10.1. The molecule has 100 valence electrons. The van der Waals surface area contributed by atoms with E-state index in [1.54, 1.807) is 39.5 Å². The topological polar surface area (TPSA) is 50.8 Å². The van der Waals surface area contributed by atoms with Gasteiger partial charge in [0.15, 0.2) is 5.11 Å². The van der Waals surface area contributed by atoms with Crippen molar-refractivity contribution < 1.29 is 14.3 Å². The molecule has 0 aliphatic carbocycles. The van der Waals surface area contributed by atoms with Crippen LogP contribution in [0.2, 0.25) is 0 Å². The second-order valence-electron chi connectivity index (χ2n) is 3.96. The number of carbonyl (C=O) groups excluding carboxylic acids is 1. The summed E-state index contributed by atoms with van der Waals surface area (Å²) in [6.07, 6.45) is 1.70. The minimum absolute atomic E-state index is 0.164. The summed E-state index contributed by atoms with van der Waals surface area (Å²) < 4.78 is 10.4. The Morgan fingerprint density at radius 3 is 2.58 bits per heavy atom. The van der Waals surface area contributed by atoms with Crippen molar-refractivity contribution in [3.8, 4) is 11.5 Å². The monoisotopic (exact) mass is 278 g/mol. The molecule has 1 saturated heterocycles. The number of ether oxygens (including phenoxy) is 2. The molecule has 1 heterocycles. The van der Waals surface area contributed by atoms with E-state index in [4.69, 9.17) is 21.7 Å². The number of likely N-dealkylation sites (N-methyl/N-ethyl adjacent to an activating group) is 1. The standard InChI is InChI=1S/C13H14N2O3S/c1-15-12(16)10(14-13(15)19)6-8-4-5-9(17-2)7-11(8)18-3/h4-7H,1-3H3,(H,14,19). The molecule has 1 amide bonds. The van der Waals surface area contributed by atoms with Crippen LogP contribution in [0.3, 0.4) is 0 Å². The van der Waals surface area contributed by atoms with Gasteiger partial charge in [0.2, 0.25) is 0 Å². The van der Waals surface area contributed by atoms with Crippen LogP contribution in [0.5, 0.6) is 11.5 Å². The highest BCUT2D eigenvalue weighted by Crippen LogP contribution is 2.27. The maximum atomic E-state index is 11.9. The average molecular weight is 278 g/mol. The molecule has 0 bridgehead atoms. The van der Waals surface area contributed by atoms with Crippen LogP contribution < -0.4 is 14.8 Å². The number of thiocarbonyl (C=S) groups is 1. The van der Waals surface area contributed by atoms with E-state index in [9.17, 15) is 4.79 Å². The fourth-order valence-electron chi connectivity index (χ4n) is 1.72. The molecule has 1 N–H and O–H groups in total. The largest absolute Gasteiger partial charge is 0.497 e. The normalized spacial score (nSPS) is 16.8. The van der Waals surface area contributed by atoms with E-state index >= 15 is 0 Å². The van der Waals surface area contributed by atoms with Gasteiger partial charge < -0.3 is 14.8 Å². The Morgan fingerprint density at radius 1 is 1.32 bits per heavy atom. The highest BCUT2D eigenvalue weighted by molar-refractivity contribution is 7.80. The molecule has 0 radical (unpaired) electrons. The van der Waals surface area contributed by atoms with Gasteiger partial charge in [0, 0.05) is 18.7 Å². The second-order valence-corrected chi connectivity index (χ2v) is 4.35. The van der Waals surface area contributed by atoms with E-state index in [1.165, 1.54) is 4.90 Å². The first kappa shape index (κ1) is 13.4. The van der Waals surface area contributed by atoms with E-state index in [2.05, 4.69) is 5.32 Å². The Labute approximate surface area is 116 Å². The third-order valence-corrected chi connectivity index (χ3v) is 3.20. The lowest BCUT2D eigenvalue weighted by Gasteiger charge is -2.07.